The lowest BCUT2D eigenvalue weighted by Crippen LogP contribution is -2.41. The highest BCUT2D eigenvalue weighted by molar-refractivity contribution is 7.90. The average Bonchev–Trinajstić information content (AvgIpc) is 3.39. The van der Waals surface area contributed by atoms with Crippen LogP contribution in [0.3, 0.4) is 0 Å². The van der Waals surface area contributed by atoms with Crippen molar-refractivity contribution in [3.8, 4) is 0 Å². The Hall–Kier alpha value is -3.05. The largest absolute Gasteiger partial charge is 0.322 e. The van der Waals surface area contributed by atoms with Crippen molar-refractivity contribution >= 4 is 45.1 Å². The van der Waals surface area contributed by atoms with E-state index in [2.05, 4.69) is 25.9 Å². The number of nitrogens with one attached hydrogen (secondary N) is 3. The topological polar surface area (TPSA) is 147 Å². The quantitative estimate of drug-likeness (QED) is 0.476. The minimum atomic E-state index is -3.50. The molecule has 2 fully saturated rings. The minimum Gasteiger partial charge on any atom is -0.318 e. The molecule has 0 bridgehead atoms. The Morgan fingerprint density at radius 1 is 1.23 bits per heavy atom. The molecule has 1 unspecified atom stereocenters. The number of sulfone groups is 1. The number of nitrogens with zero attached hydrogens (tertiary/aromatic N) is 2. The van der Waals surface area contributed by atoms with E-state index in [0.717, 1.165) is 31.9 Å². The first-order valence-corrected chi connectivity index (χ1v) is 13.5. The fourth-order valence-electron chi connectivity index (χ4n) is 4.60. The predicted molar refractivity (Wildman–Crippen MR) is 129 cm³/mol. The van der Waals surface area contributed by atoms with Gasteiger partial charge in [-0.15, -0.1) is 0 Å². The van der Waals surface area contributed by atoms with Crippen LogP contribution in [0.2, 0.25) is 5.02 Å². The zero-order valence-electron chi connectivity index (χ0n) is 19.3. The van der Waals surface area contributed by atoms with Gasteiger partial charge in [0.15, 0.2) is 21.2 Å². The van der Waals surface area contributed by atoms with Gasteiger partial charge in [-0.1, -0.05) is 43.4 Å². The van der Waals surface area contributed by atoms with Gasteiger partial charge < -0.3 is 10.6 Å². The third-order valence-electron chi connectivity index (χ3n) is 6.58. The van der Waals surface area contributed by atoms with E-state index in [-0.39, 0.29) is 27.3 Å². The second-order valence-electron chi connectivity index (χ2n) is 9.21. The molecule has 1 aromatic heterocycles. The molecule has 4 amide bonds. The summed E-state index contributed by atoms with van der Waals surface area (Å²) in [6.45, 7) is 1.51. The van der Waals surface area contributed by atoms with Gasteiger partial charge in [0, 0.05) is 6.26 Å². The van der Waals surface area contributed by atoms with E-state index < -0.39 is 33.2 Å². The van der Waals surface area contributed by atoms with Gasteiger partial charge in [-0.05, 0) is 37.0 Å². The molecule has 1 aliphatic carbocycles. The van der Waals surface area contributed by atoms with Crippen LogP contribution in [0.4, 0.5) is 10.6 Å². The smallest absolute Gasteiger partial charge is 0.318 e. The molecule has 1 saturated carbocycles. The molecule has 1 aromatic carbocycles. The van der Waals surface area contributed by atoms with Gasteiger partial charge in [0.05, 0.1) is 33.9 Å². The van der Waals surface area contributed by atoms with E-state index in [9.17, 15) is 22.8 Å². The van der Waals surface area contributed by atoms with Crippen molar-refractivity contribution in [3.05, 3.63) is 46.9 Å². The third kappa shape index (κ3) is 5.30. The minimum absolute atomic E-state index is 0.0148. The summed E-state index contributed by atoms with van der Waals surface area (Å²) in [6, 6.07) is 3.97. The molecule has 186 valence electrons. The highest BCUT2D eigenvalue weighted by atomic mass is 35.5. The van der Waals surface area contributed by atoms with Gasteiger partial charge in [-0.3, -0.25) is 19.9 Å². The number of amides is 4. The number of hydrogen-bond donors (Lipinski definition) is 3. The number of halogens is 1. The maximum absolute atomic E-state index is 13.3. The van der Waals surface area contributed by atoms with Gasteiger partial charge in [-0.2, -0.15) is 0 Å². The molecule has 1 saturated heterocycles. The van der Waals surface area contributed by atoms with Crippen LogP contribution in [0.15, 0.2) is 35.5 Å². The van der Waals surface area contributed by atoms with Gasteiger partial charge in [0.2, 0.25) is 5.91 Å². The van der Waals surface area contributed by atoms with E-state index in [1.807, 2.05) is 0 Å². The fraction of sp³-hybridized carbons (Fsp3) is 0.435. The number of carbonyl (C=O) groups is 3. The fourth-order valence-corrected chi connectivity index (χ4v) is 5.93. The summed E-state index contributed by atoms with van der Waals surface area (Å²) in [6.07, 6.45) is 8.61. The van der Waals surface area contributed by atoms with Gasteiger partial charge in [0.25, 0.3) is 5.91 Å². The van der Waals surface area contributed by atoms with Crippen LogP contribution in [-0.4, -0.2) is 42.5 Å². The molecule has 0 spiro atoms. The summed E-state index contributed by atoms with van der Waals surface area (Å²) in [5, 5.41) is 7.52. The Kier molecular flexibility index (Phi) is 6.83. The second-order valence-corrected chi connectivity index (χ2v) is 11.6. The number of aromatic nitrogens is 2. The molecule has 12 heteroatoms. The van der Waals surface area contributed by atoms with E-state index in [1.165, 1.54) is 31.5 Å². The SMILES string of the molecule is CC1(c2cnc(NC(=O)[C@H](CC3CCCC3)c3ccc(S(C)(=O)=O)c(Cl)c3)cn2)NC(=O)NC1=O. The maximum Gasteiger partial charge on any atom is 0.322 e. The first kappa shape index (κ1) is 25.1. The number of carbonyl (C=O) groups excluding carboxylic acids is 3. The van der Waals surface area contributed by atoms with Crippen LogP contribution in [0.5, 0.6) is 0 Å². The molecule has 2 heterocycles. The predicted octanol–water partition coefficient (Wildman–Crippen LogP) is 2.89. The molecule has 10 nitrogen and oxygen atoms in total. The molecule has 2 aliphatic rings. The number of hydrogen-bond acceptors (Lipinski definition) is 7. The molecular weight excluding hydrogens is 494 g/mol. The Balaban J connectivity index is 1.56. The van der Waals surface area contributed by atoms with E-state index in [1.54, 1.807) is 6.07 Å². The summed E-state index contributed by atoms with van der Waals surface area (Å²) in [4.78, 5) is 45.4. The van der Waals surface area contributed by atoms with Crippen LogP contribution in [0, 0.1) is 5.92 Å². The highest BCUT2D eigenvalue weighted by Crippen LogP contribution is 2.36. The summed E-state index contributed by atoms with van der Waals surface area (Å²) in [5.41, 5.74) is -0.505. The molecule has 0 radical (unpaired) electrons. The Bertz CT molecular complexity index is 1280. The summed E-state index contributed by atoms with van der Waals surface area (Å²) in [5.74, 6) is -0.873. The van der Waals surface area contributed by atoms with Crippen molar-refractivity contribution in [1.29, 1.82) is 0 Å². The summed E-state index contributed by atoms with van der Waals surface area (Å²) in [7, 11) is -3.50. The number of anilines is 1. The zero-order chi connectivity index (χ0) is 25.4. The lowest BCUT2D eigenvalue weighted by molar-refractivity contribution is -0.123. The maximum atomic E-state index is 13.3. The van der Waals surface area contributed by atoms with Gasteiger partial charge in [-0.25, -0.2) is 18.2 Å². The first-order chi connectivity index (χ1) is 16.5. The highest BCUT2D eigenvalue weighted by Gasteiger charge is 2.45. The monoisotopic (exact) mass is 519 g/mol. The van der Waals surface area contributed by atoms with Crippen molar-refractivity contribution in [2.45, 2.75) is 55.4 Å². The van der Waals surface area contributed by atoms with Crippen LogP contribution >= 0.6 is 11.6 Å². The molecule has 35 heavy (non-hydrogen) atoms. The first-order valence-electron chi connectivity index (χ1n) is 11.2. The normalized spacial score (nSPS) is 21.5. The standard InChI is InChI=1S/C23H26ClN5O5S/c1-23(21(31)28-22(32)29-23)18-11-26-19(12-25-18)27-20(30)15(9-13-5-3-4-6-13)14-7-8-17(16(24)10-14)35(2,33)34/h7-8,10-13,15H,3-6,9H2,1-2H3,(H,26,27,30)(H2,28,29,31,32)/t15-,23?/m1/s1. The molecule has 2 atom stereocenters. The average molecular weight is 520 g/mol. The second kappa shape index (κ2) is 9.54. The summed E-state index contributed by atoms with van der Waals surface area (Å²) >= 11 is 6.26. The zero-order valence-corrected chi connectivity index (χ0v) is 20.9. The van der Waals surface area contributed by atoms with Crippen LogP contribution in [0.25, 0.3) is 0 Å². The number of imide groups is 1. The molecular formula is C23H26ClN5O5S. The number of benzene rings is 1. The van der Waals surface area contributed by atoms with Crippen molar-refractivity contribution < 1.29 is 22.8 Å². The lowest BCUT2D eigenvalue weighted by atomic mass is 9.87. The number of rotatable bonds is 7. The van der Waals surface area contributed by atoms with E-state index in [4.69, 9.17) is 11.6 Å². The lowest BCUT2D eigenvalue weighted by Gasteiger charge is -2.22. The van der Waals surface area contributed by atoms with Crippen molar-refractivity contribution in [3.63, 3.8) is 0 Å². The van der Waals surface area contributed by atoms with Crippen molar-refractivity contribution in [2.75, 3.05) is 11.6 Å². The number of urea groups is 1. The van der Waals surface area contributed by atoms with E-state index >= 15 is 0 Å². The Morgan fingerprint density at radius 2 is 1.94 bits per heavy atom. The van der Waals surface area contributed by atoms with E-state index in [0.29, 0.717) is 17.9 Å². The van der Waals surface area contributed by atoms with Crippen molar-refractivity contribution in [1.82, 2.24) is 20.6 Å². The van der Waals surface area contributed by atoms with Gasteiger partial charge >= 0.3 is 6.03 Å². The Morgan fingerprint density at radius 3 is 2.49 bits per heavy atom. The van der Waals surface area contributed by atoms with Crippen LogP contribution in [-0.2, 0) is 25.0 Å². The molecule has 1 aliphatic heterocycles. The molecule has 2 aromatic rings. The Labute approximate surface area is 208 Å². The van der Waals surface area contributed by atoms with Crippen LogP contribution < -0.4 is 16.0 Å². The summed E-state index contributed by atoms with van der Waals surface area (Å²) < 4.78 is 23.9. The molecule has 3 N–H and O–H groups in total. The molecule has 4 rings (SSSR count). The van der Waals surface area contributed by atoms with Crippen molar-refractivity contribution in [2.24, 2.45) is 5.92 Å². The third-order valence-corrected chi connectivity index (χ3v) is 8.16. The van der Waals surface area contributed by atoms with Gasteiger partial charge in [0.1, 0.15) is 0 Å². The van der Waals surface area contributed by atoms with Crippen LogP contribution in [0.1, 0.15) is 56.2 Å².